The summed E-state index contributed by atoms with van der Waals surface area (Å²) in [5, 5.41) is 23.7. The molecule has 112 valence electrons. The summed E-state index contributed by atoms with van der Waals surface area (Å²) in [5.41, 5.74) is 0.876. The van der Waals surface area contributed by atoms with Crippen LogP contribution in [-0.4, -0.2) is 15.0 Å². The number of ether oxygens (including phenoxy) is 1. The Kier molecular flexibility index (Phi) is 4.92. The van der Waals surface area contributed by atoms with E-state index in [-0.39, 0.29) is 18.0 Å². The maximum absolute atomic E-state index is 11.2. The van der Waals surface area contributed by atoms with Crippen molar-refractivity contribution in [1.82, 2.24) is 4.98 Å². The lowest BCUT2D eigenvalue weighted by molar-refractivity contribution is -0.386. The van der Waals surface area contributed by atoms with Gasteiger partial charge in [0.2, 0.25) is 5.75 Å². The van der Waals surface area contributed by atoms with Crippen LogP contribution in [0.1, 0.15) is 29.3 Å². The number of hydrogen-bond acceptors (Lipinski definition) is 6. The Balaban J connectivity index is 2.37. The minimum atomic E-state index is -0.881. The average Bonchev–Trinajstić information content (AvgIpc) is 2.81. The summed E-state index contributed by atoms with van der Waals surface area (Å²) in [4.78, 5) is 14.9. The zero-order chi connectivity index (χ0) is 15.6. The van der Waals surface area contributed by atoms with Crippen molar-refractivity contribution >= 4 is 33.0 Å². The number of rotatable bonds is 5. The molecule has 6 nitrogen and oxygen atoms in total. The molecule has 8 heteroatoms. The van der Waals surface area contributed by atoms with Gasteiger partial charge in [0.05, 0.1) is 21.7 Å². The molecule has 1 N–H and O–H groups in total. The zero-order valence-corrected chi connectivity index (χ0v) is 13.8. The molecule has 2 rings (SSSR count). The molecule has 0 saturated carbocycles. The van der Waals surface area contributed by atoms with E-state index in [2.05, 4.69) is 20.9 Å². The van der Waals surface area contributed by atoms with Crippen molar-refractivity contribution in [2.75, 3.05) is 0 Å². The maximum atomic E-state index is 11.2. The van der Waals surface area contributed by atoms with Gasteiger partial charge in [-0.05, 0) is 19.9 Å². The third-order valence-electron chi connectivity index (χ3n) is 2.74. The van der Waals surface area contributed by atoms with Crippen LogP contribution >= 0.6 is 27.3 Å². The largest absolute Gasteiger partial charge is 0.480 e. The Morgan fingerprint density at radius 2 is 2.29 bits per heavy atom. The minimum Gasteiger partial charge on any atom is -0.480 e. The minimum absolute atomic E-state index is 0.0730. The van der Waals surface area contributed by atoms with Crippen LogP contribution in [-0.2, 0) is 6.61 Å². The fourth-order valence-electron chi connectivity index (χ4n) is 1.82. The Bertz CT molecular complexity index is 672. The predicted molar refractivity (Wildman–Crippen MR) is 82.6 cm³/mol. The first-order valence-electron chi connectivity index (χ1n) is 6.08. The Labute approximate surface area is 133 Å². The van der Waals surface area contributed by atoms with Crippen LogP contribution in [0.3, 0.4) is 0 Å². The normalized spacial score (nSPS) is 12.2. The predicted octanol–water partition coefficient (Wildman–Crippen LogP) is 3.75. The summed E-state index contributed by atoms with van der Waals surface area (Å²) >= 11 is 4.68. The lowest BCUT2D eigenvalue weighted by atomic mass is 10.1. The third kappa shape index (κ3) is 3.78. The van der Waals surface area contributed by atoms with Gasteiger partial charge in [-0.3, -0.25) is 10.1 Å². The quantitative estimate of drug-likeness (QED) is 0.637. The molecule has 1 atom stereocenters. The summed E-state index contributed by atoms with van der Waals surface area (Å²) in [5.74, 6) is 0.0730. The molecule has 0 saturated heterocycles. The summed E-state index contributed by atoms with van der Waals surface area (Å²) in [6.45, 7) is 3.52. The molecule has 0 fully saturated rings. The van der Waals surface area contributed by atoms with Gasteiger partial charge >= 0.3 is 5.69 Å². The second-order valence-electron chi connectivity index (χ2n) is 4.42. The standard InChI is InChI=1S/C13H13BrN2O4S/c1-7(17)11-3-9(14)4-12(16(18)19)13(11)20-5-10-6-21-8(2)15-10/h3-4,6-7,17H,5H2,1-2H3/t7-/m1/s1. The van der Waals surface area contributed by atoms with E-state index < -0.39 is 11.0 Å². The van der Waals surface area contributed by atoms with Crippen LogP contribution < -0.4 is 4.74 Å². The summed E-state index contributed by atoms with van der Waals surface area (Å²) < 4.78 is 6.08. The number of aryl methyl sites for hydroxylation is 1. The molecule has 1 heterocycles. The number of nitrogens with zero attached hydrogens (tertiary/aromatic N) is 2. The van der Waals surface area contributed by atoms with Crippen LogP contribution in [0.25, 0.3) is 0 Å². The number of nitro benzene ring substituents is 1. The Hall–Kier alpha value is -1.51. The van der Waals surface area contributed by atoms with Gasteiger partial charge in [0.1, 0.15) is 6.61 Å². The van der Waals surface area contributed by atoms with Gasteiger partial charge in [0, 0.05) is 21.5 Å². The molecule has 0 amide bonds. The van der Waals surface area contributed by atoms with E-state index in [4.69, 9.17) is 4.74 Å². The van der Waals surface area contributed by atoms with Crippen LogP contribution in [0, 0.1) is 17.0 Å². The van der Waals surface area contributed by atoms with Gasteiger partial charge in [0.25, 0.3) is 0 Å². The molecule has 0 aliphatic heterocycles. The van der Waals surface area contributed by atoms with Crippen molar-refractivity contribution in [3.63, 3.8) is 0 Å². The molecule has 0 radical (unpaired) electrons. The first kappa shape index (κ1) is 15.9. The van der Waals surface area contributed by atoms with Crippen molar-refractivity contribution < 1.29 is 14.8 Å². The summed E-state index contributed by atoms with van der Waals surface area (Å²) in [6, 6.07) is 2.97. The second kappa shape index (κ2) is 6.50. The highest BCUT2D eigenvalue weighted by molar-refractivity contribution is 9.10. The average molecular weight is 373 g/mol. The number of thiazole rings is 1. The summed E-state index contributed by atoms with van der Waals surface area (Å²) in [6.07, 6.45) is -0.881. The molecule has 0 aliphatic rings. The van der Waals surface area contributed by atoms with Crippen molar-refractivity contribution in [2.24, 2.45) is 0 Å². The van der Waals surface area contributed by atoms with E-state index in [9.17, 15) is 15.2 Å². The number of aliphatic hydroxyl groups excluding tert-OH is 1. The van der Waals surface area contributed by atoms with E-state index in [0.29, 0.717) is 15.7 Å². The number of nitro groups is 1. The second-order valence-corrected chi connectivity index (χ2v) is 6.40. The lowest BCUT2D eigenvalue weighted by Crippen LogP contribution is -2.05. The van der Waals surface area contributed by atoms with Gasteiger partial charge < -0.3 is 9.84 Å². The highest BCUT2D eigenvalue weighted by Gasteiger charge is 2.23. The first-order chi connectivity index (χ1) is 9.88. The molecule has 0 bridgehead atoms. The number of aliphatic hydroxyl groups is 1. The molecule has 0 spiro atoms. The highest BCUT2D eigenvalue weighted by atomic mass is 79.9. The smallest absolute Gasteiger partial charge is 0.312 e. The van der Waals surface area contributed by atoms with Gasteiger partial charge in [-0.25, -0.2) is 4.98 Å². The fourth-order valence-corrected chi connectivity index (χ4v) is 2.88. The molecule has 1 aromatic heterocycles. The van der Waals surface area contributed by atoms with Crippen LogP contribution in [0.4, 0.5) is 5.69 Å². The lowest BCUT2D eigenvalue weighted by Gasteiger charge is -2.13. The van der Waals surface area contributed by atoms with Crippen molar-refractivity contribution in [1.29, 1.82) is 0 Å². The van der Waals surface area contributed by atoms with E-state index in [1.54, 1.807) is 6.07 Å². The number of halogens is 1. The molecule has 0 aliphatic carbocycles. The van der Waals surface area contributed by atoms with Crippen LogP contribution in [0.15, 0.2) is 22.0 Å². The Morgan fingerprint density at radius 3 is 2.81 bits per heavy atom. The fraction of sp³-hybridized carbons (Fsp3) is 0.308. The number of aromatic nitrogens is 1. The number of benzene rings is 1. The van der Waals surface area contributed by atoms with Gasteiger partial charge in [-0.1, -0.05) is 15.9 Å². The van der Waals surface area contributed by atoms with E-state index in [1.807, 2.05) is 12.3 Å². The van der Waals surface area contributed by atoms with E-state index >= 15 is 0 Å². The first-order valence-corrected chi connectivity index (χ1v) is 7.75. The third-order valence-corrected chi connectivity index (χ3v) is 4.02. The molecular weight excluding hydrogens is 360 g/mol. The van der Waals surface area contributed by atoms with Crippen molar-refractivity contribution in [2.45, 2.75) is 26.6 Å². The molecule has 2 aromatic rings. The van der Waals surface area contributed by atoms with Gasteiger partial charge in [-0.15, -0.1) is 11.3 Å². The van der Waals surface area contributed by atoms with E-state index in [0.717, 1.165) is 5.01 Å². The number of hydrogen-bond donors (Lipinski definition) is 1. The molecule has 1 aromatic carbocycles. The molecule has 0 unspecified atom stereocenters. The van der Waals surface area contributed by atoms with Gasteiger partial charge in [0.15, 0.2) is 0 Å². The Morgan fingerprint density at radius 1 is 1.57 bits per heavy atom. The maximum Gasteiger partial charge on any atom is 0.312 e. The van der Waals surface area contributed by atoms with Crippen LogP contribution in [0.2, 0.25) is 0 Å². The van der Waals surface area contributed by atoms with Crippen molar-refractivity contribution in [3.8, 4) is 5.75 Å². The van der Waals surface area contributed by atoms with Crippen LogP contribution in [0.5, 0.6) is 5.75 Å². The van der Waals surface area contributed by atoms with Crippen molar-refractivity contribution in [3.05, 3.63) is 48.4 Å². The van der Waals surface area contributed by atoms with Gasteiger partial charge in [-0.2, -0.15) is 0 Å². The monoisotopic (exact) mass is 372 g/mol. The zero-order valence-electron chi connectivity index (χ0n) is 11.4. The SMILES string of the molecule is Cc1nc(COc2c([C@@H](C)O)cc(Br)cc2[N+](=O)[O-])cs1. The topological polar surface area (TPSA) is 85.5 Å². The molecular formula is C13H13BrN2O4S. The summed E-state index contributed by atoms with van der Waals surface area (Å²) in [7, 11) is 0. The highest BCUT2D eigenvalue weighted by Crippen LogP contribution is 2.38. The van der Waals surface area contributed by atoms with E-state index in [1.165, 1.54) is 24.3 Å². The molecule has 21 heavy (non-hydrogen) atoms.